The maximum absolute atomic E-state index is 12.5. The molecule has 9 nitrogen and oxygen atoms in total. The van der Waals surface area contributed by atoms with Crippen molar-refractivity contribution in [3.8, 4) is 11.6 Å². The summed E-state index contributed by atoms with van der Waals surface area (Å²) in [5.74, 6) is 0.303. The minimum Gasteiger partial charge on any atom is -0.496 e. The molecule has 0 aliphatic rings. The van der Waals surface area contributed by atoms with E-state index in [4.69, 9.17) is 9.88 Å². The second kappa shape index (κ2) is 6.94. The van der Waals surface area contributed by atoms with Crippen LogP contribution in [0.15, 0.2) is 60.1 Å². The maximum Gasteiger partial charge on any atom is 0.259 e. The molecule has 0 bridgehead atoms. The number of primary sulfonamides is 1. The first-order valence-corrected chi connectivity index (χ1v) is 8.89. The van der Waals surface area contributed by atoms with Gasteiger partial charge in [-0.15, -0.1) is 0 Å². The predicted molar refractivity (Wildman–Crippen MR) is 93.7 cm³/mol. The number of methoxy groups -OCH3 is 1. The molecule has 0 saturated heterocycles. The number of ether oxygens (including phenoxy) is 1. The molecule has 0 radical (unpaired) electrons. The van der Waals surface area contributed by atoms with Gasteiger partial charge in [0.15, 0.2) is 0 Å². The van der Waals surface area contributed by atoms with Gasteiger partial charge in [0.2, 0.25) is 10.0 Å². The minimum atomic E-state index is -3.94. The summed E-state index contributed by atoms with van der Waals surface area (Å²) in [5, 5.41) is 7.76. The third-order valence-corrected chi connectivity index (χ3v) is 4.43. The van der Waals surface area contributed by atoms with Gasteiger partial charge in [-0.3, -0.25) is 9.36 Å². The second-order valence-electron chi connectivity index (χ2n) is 5.24. The molecule has 0 aliphatic heterocycles. The van der Waals surface area contributed by atoms with Crippen molar-refractivity contribution in [1.82, 2.24) is 14.5 Å². The molecule has 3 rings (SSSR count). The summed E-state index contributed by atoms with van der Waals surface area (Å²) < 4.78 is 29.8. The van der Waals surface area contributed by atoms with Crippen LogP contribution in [0.1, 0.15) is 10.4 Å². The minimum absolute atomic E-state index is 0.0395. The standard InChI is InChI=1S/C16H15N5O4S/c1-25-14-4-3-12(26(17,23)24)8-13(14)16(22)20-11-2-5-15(19-9-11)21-7-6-18-10-21/h2-10H,1H3,(H,20,22)(H2,17,23,24). The highest BCUT2D eigenvalue weighted by Gasteiger charge is 2.17. The summed E-state index contributed by atoms with van der Waals surface area (Å²) in [4.78, 5) is 20.5. The Hall–Kier alpha value is -3.24. The van der Waals surface area contributed by atoms with Crippen molar-refractivity contribution in [2.45, 2.75) is 4.90 Å². The molecule has 0 unspecified atom stereocenters. The van der Waals surface area contributed by atoms with Gasteiger partial charge in [0.25, 0.3) is 5.91 Å². The van der Waals surface area contributed by atoms with E-state index in [-0.39, 0.29) is 16.2 Å². The van der Waals surface area contributed by atoms with Gasteiger partial charge in [-0.25, -0.2) is 23.5 Å². The highest BCUT2D eigenvalue weighted by Crippen LogP contribution is 2.23. The molecule has 1 amide bonds. The van der Waals surface area contributed by atoms with Gasteiger partial charge in [0.1, 0.15) is 17.9 Å². The third kappa shape index (κ3) is 3.71. The molecule has 0 spiro atoms. The Balaban J connectivity index is 1.85. The summed E-state index contributed by atoms with van der Waals surface area (Å²) in [6.45, 7) is 0. The van der Waals surface area contributed by atoms with Crippen molar-refractivity contribution in [2.24, 2.45) is 5.14 Å². The lowest BCUT2D eigenvalue weighted by molar-refractivity contribution is 0.102. The number of amides is 1. The Morgan fingerprint density at radius 2 is 2.08 bits per heavy atom. The van der Waals surface area contributed by atoms with Crippen LogP contribution in [0.2, 0.25) is 0 Å². The van der Waals surface area contributed by atoms with Crippen molar-refractivity contribution in [1.29, 1.82) is 0 Å². The lowest BCUT2D eigenvalue weighted by atomic mass is 10.2. The number of carbonyl (C=O) groups excluding carboxylic acids is 1. The monoisotopic (exact) mass is 373 g/mol. The van der Waals surface area contributed by atoms with Crippen LogP contribution in [0.25, 0.3) is 5.82 Å². The number of pyridine rings is 1. The molecule has 26 heavy (non-hydrogen) atoms. The molecular weight excluding hydrogens is 358 g/mol. The molecule has 3 aromatic rings. The van der Waals surface area contributed by atoms with Crippen molar-refractivity contribution in [3.63, 3.8) is 0 Å². The molecule has 134 valence electrons. The van der Waals surface area contributed by atoms with E-state index in [0.717, 1.165) is 6.07 Å². The van der Waals surface area contributed by atoms with E-state index in [0.29, 0.717) is 11.5 Å². The van der Waals surface area contributed by atoms with Gasteiger partial charge in [-0.2, -0.15) is 0 Å². The van der Waals surface area contributed by atoms with Crippen LogP contribution in [0, 0.1) is 0 Å². The van der Waals surface area contributed by atoms with Crippen molar-refractivity contribution in [3.05, 3.63) is 60.8 Å². The quantitative estimate of drug-likeness (QED) is 0.691. The van der Waals surface area contributed by atoms with Crippen LogP contribution in [-0.4, -0.2) is 36.0 Å². The molecule has 2 aromatic heterocycles. The van der Waals surface area contributed by atoms with Crippen LogP contribution in [0.5, 0.6) is 5.75 Å². The third-order valence-electron chi connectivity index (χ3n) is 3.52. The Bertz CT molecular complexity index is 1030. The SMILES string of the molecule is COc1ccc(S(N)(=O)=O)cc1C(=O)Nc1ccc(-n2ccnc2)nc1. The van der Waals surface area contributed by atoms with Gasteiger partial charge in [-0.05, 0) is 30.3 Å². The van der Waals surface area contributed by atoms with Crippen molar-refractivity contribution < 1.29 is 17.9 Å². The molecule has 3 N–H and O–H groups in total. The largest absolute Gasteiger partial charge is 0.496 e. The molecule has 1 aromatic carbocycles. The fourth-order valence-corrected chi connectivity index (χ4v) is 2.79. The molecular formula is C16H15N5O4S. The number of nitrogens with two attached hydrogens (primary N) is 1. The first kappa shape index (κ1) is 17.6. The van der Waals surface area contributed by atoms with E-state index in [2.05, 4.69) is 15.3 Å². The topological polar surface area (TPSA) is 129 Å². The van der Waals surface area contributed by atoms with Gasteiger partial charge in [0, 0.05) is 12.4 Å². The number of aromatic nitrogens is 3. The van der Waals surface area contributed by atoms with E-state index < -0.39 is 15.9 Å². The second-order valence-corrected chi connectivity index (χ2v) is 6.80. The van der Waals surface area contributed by atoms with Gasteiger partial charge < -0.3 is 10.1 Å². The summed E-state index contributed by atoms with van der Waals surface area (Å²) in [6.07, 6.45) is 6.44. The fourth-order valence-electron chi connectivity index (χ4n) is 2.25. The average Bonchev–Trinajstić information content (AvgIpc) is 3.15. The van der Waals surface area contributed by atoms with E-state index in [1.165, 1.54) is 25.4 Å². The lowest BCUT2D eigenvalue weighted by Crippen LogP contribution is -2.17. The molecule has 0 fully saturated rings. The Morgan fingerprint density at radius 3 is 2.65 bits per heavy atom. The fraction of sp³-hybridized carbons (Fsp3) is 0.0625. The van der Waals surface area contributed by atoms with E-state index in [9.17, 15) is 13.2 Å². The van der Waals surface area contributed by atoms with Crippen LogP contribution in [0.3, 0.4) is 0 Å². The number of hydrogen-bond acceptors (Lipinski definition) is 6. The highest BCUT2D eigenvalue weighted by molar-refractivity contribution is 7.89. The molecule has 0 aliphatic carbocycles. The number of nitrogens with zero attached hydrogens (tertiary/aromatic N) is 3. The Labute approximate surface area is 149 Å². The van der Waals surface area contributed by atoms with Crippen LogP contribution < -0.4 is 15.2 Å². The van der Waals surface area contributed by atoms with E-state index in [1.54, 1.807) is 35.4 Å². The first-order valence-electron chi connectivity index (χ1n) is 7.35. The number of rotatable bonds is 5. The Kier molecular flexibility index (Phi) is 4.69. The number of sulfonamides is 1. The number of benzene rings is 1. The molecule has 10 heteroatoms. The maximum atomic E-state index is 12.5. The van der Waals surface area contributed by atoms with Crippen molar-refractivity contribution >= 4 is 21.6 Å². The normalized spacial score (nSPS) is 11.2. The van der Waals surface area contributed by atoms with Crippen LogP contribution >= 0.6 is 0 Å². The average molecular weight is 373 g/mol. The van der Waals surface area contributed by atoms with Crippen LogP contribution in [-0.2, 0) is 10.0 Å². The number of nitrogens with one attached hydrogen (secondary N) is 1. The van der Waals surface area contributed by atoms with Crippen molar-refractivity contribution in [2.75, 3.05) is 12.4 Å². The van der Waals surface area contributed by atoms with Gasteiger partial charge >= 0.3 is 0 Å². The lowest BCUT2D eigenvalue weighted by Gasteiger charge is -2.11. The number of imidazole rings is 1. The molecule has 0 atom stereocenters. The number of anilines is 1. The smallest absolute Gasteiger partial charge is 0.259 e. The van der Waals surface area contributed by atoms with Gasteiger partial charge in [0.05, 0.1) is 29.5 Å². The molecule has 0 saturated carbocycles. The Morgan fingerprint density at radius 1 is 1.27 bits per heavy atom. The predicted octanol–water partition coefficient (Wildman–Crippen LogP) is 1.18. The summed E-state index contributed by atoms with van der Waals surface area (Å²) in [6, 6.07) is 7.17. The first-order chi connectivity index (χ1) is 12.4. The zero-order chi connectivity index (χ0) is 18.7. The summed E-state index contributed by atoms with van der Waals surface area (Å²) in [5.41, 5.74) is 0.472. The van der Waals surface area contributed by atoms with Crippen LogP contribution in [0.4, 0.5) is 5.69 Å². The number of hydrogen-bond donors (Lipinski definition) is 2. The zero-order valence-corrected chi connectivity index (χ0v) is 14.5. The summed E-state index contributed by atoms with van der Waals surface area (Å²) in [7, 11) is -2.56. The van der Waals surface area contributed by atoms with E-state index in [1.807, 2.05) is 0 Å². The summed E-state index contributed by atoms with van der Waals surface area (Å²) >= 11 is 0. The van der Waals surface area contributed by atoms with Gasteiger partial charge in [-0.1, -0.05) is 0 Å². The zero-order valence-electron chi connectivity index (χ0n) is 13.7. The molecule has 2 heterocycles. The number of carbonyl (C=O) groups is 1. The highest BCUT2D eigenvalue weighted by atomic mass is 32.2. The van der Waals surface area contributed by atoms with E-state index >= 15 is 0 Å².